The molecule has 1 aromatic rings. The molecule has 0 spiro atoms. The lowest BCUT2D eigenvalue weighted by atomic mass is 9.72. The van der Waals surface area contributed by atoms with Crippen molar-refractivity contribution in [1.29, 1.82) is 0 Å². The number of hydrogen-bond donors (Lipinski definition) is 1. The number of ketones is 1. The molecule has 0 saturated heterocycles. The molecule has 1 aliphatic carbocycles. The van der Waals surface area contributed by atoms with E-state index in [0.29, 0.717) is 12.0 Å². The fraction of sp³-hybridized carbons (Fsp3) is 0.684. The zero-order valence-corrected chi connectivity index (χ0v) is 15.3. The quantitative estimate of drug-likeness (QED) is 0.785. The molecule has 1 N–H and O–H groups in total. The summed E-state index contributed by atoms with van der Waals surface area (Å²) >= 11 is 1.55. The van der Waals surface area contributed by atoms with Gasteiger partial charge in [-0.05, 0) is 25.7 Å². The Morgan fingerprint density at radius 1 is 1.33 bits per heavy atom. The zero-order chi connectivity index (χ0) is 17.1. The SMILES string of the molecule is CCCCCCC1CC2C(=O)C(c3csc(C)n3)=COC2CC1O. The normalized spacial score (nSPS) is 29.8. The molecule has 5 heteroatoms. The summed E-state index contributed by atoms with van der Waals surface area (Å²) in [6.07, 6.45) is 8.14. The Kier molecular flexibility index (Phi) is 5.72. The molecule has 1 aliphatic heterocycles. The van der Waals surface area contributed by atoms with Crippen LogP contribution >= 0.6 is 11.3 Å². The van der Waals surface area contributed by atoms with Crippen LogP contribution in [-0.2, 0) is 9.53 Å². The van der Waals surface area contributed by atoms with Crippen LogP contribution in [0.15, 0.2) is 11.6 Å². The van der Waals surface area contributed by atoms with Gasteiger partial charge in [0.05, 0.1) is 34.6 Å². The van der Waals surface area contributed by atoms with Crippen molar-refractivity contribution in [2.75, 3.05) is 0 Å². The summed E-state index contributed by atoms with van der Waals surface area (Å²) in [5.41, 5.74) is 1.33. The molecule has 4 atom stereocenters. The second-order valence-corrected chi connectivity index (χ2v) is 8.14. The van der Waals surface area contributed by atoms with Crippen LogP contribution in [0.4, 0.5) is 0 Å². The Hall–Kier alpha value is -1.20. The van der Waals surface area contributed by atoms with E-state index < -0.39 is 0 Å². The third-order valence-electron chi connectivity index (χ3n) is 5.31. The van der Waals surface area contributed by atoms with Crippen LogP contribution in [0.3, 0.4) is 0 Å². The minimum atomic E-state index is -0.350. The minimum absolute atomic E-state index is 0.133. The van der Waals surface area contributed by atoms with Crippen molar-refractivity contribution in [3.8, 4) is 0 Å². The first-order valence-electron chi connectivity index (χ1n) is 9.10. The van der Waals surface area contributed by atoms with Crippen molar-refractivity contribution in [1.82, 2.24) is 4.98 Å². The van der Waals surface area contributed by atoms with Gasteiger partial charge in [0.1, 0.15) is 6.10 Å². The van der Waals surface area contributed by atoms with Gasteiger partial charge < -0.3 is 9.84 Å². The minimum Gasteiger partial charge on any atom is -0.496 e. The van der Waals surface area contributed by atoms with Gasteiger partial charge in [-0.15, -0.1) is 11.3 Å². The van der Waals surface area contributed by atoms with Crippen molar-refractivity contribution >= 4 is 22.7 Å². The van der Waals surface area contributed by atoms with Crippen LogP contribution in [0.2, 0.25) is 0 Å². The standard InChI is InChI=1S/C19H27NO3S/c1-3-4-5-6-7-13-8-14-18(9-17(13)21)23-10-15(19(14)22)16-11-24-12(2)20-16/h10-11,13-14,17-18,21H,3-9H2,1-2H3. The Labute approximate surface area is 147 Å². The number of unbranched alkanes of at least 4 members (excludes halogenated alkanes) is 3. The summed E-state index contributed by atoms with van der Waals surface area (Å²) in [5.74, 6) is 0.223. The van der Waals surface area contributed by atoms with E-state index in [-0.39, 0.29) is 29.8 Å². The second kappa shape index (κ2) is 7.79. The van der Waals surface area contributed by atoms with Crippen LogP contribution in [0, 0.1) is 18.8 Å². The fourth-order valence-corrected chi connectivity index (χ4v) is 4.50. The number of hydrogen-bond acceptors (Lipinski definition) is 5. The maximum absolute atomic E-state index is 12.9. The van der Waals surface area contributed by atoms with E-state index in [1.165, 1.54) is 19.3 Å². The lowest BCUT2D eigenvalue weighted by Crippen LogP contribution is -2.45. The summed E-state index contributed by atoms with van der Waals surface area (Å²) in [6.45, 7) is 4.14. The number of allylic oxidation sites excluding steroid dienone is 1. The van der Waals surface area contributed by atoms with Gasteiger partial charge in [0.15, 0.2) is 5.78 Å². The largest absolute Gasteiger partial charge is 0.496 e. The predicted octanol–water partition coefficient (Wildman–Crippen LogP) is 4.12. The van der Waals surface area contributed by atoms with E-state index >= 15 is 0 Å². The Morgan fingerprint density at radius 2 is 2.17 bits per heavy atom. The van der Waals surface area contributed by atoms with Gasteiger partial charge in [0.25, 0.3) is 0 Å². The summed E-state index contributed by atoms with van der Waals surface area (Å²) in [7, 11) is 0. The highest BCUT2D eigenvalue weighted by atomic mass is 32.1. The van der Waals surface area contributed by atoms with E-state index in [1.54, 1.807) is 17.6 Å². The molecule has 2 aliphatic rings. The first kappa shape index (κ1) is 17.6. The molecule has 0 radical (unpaired) electrons. The number of fused-ring (bicyclic) bond motifs is 1. The number of thiazole rings is 1. The molecule has 1 saturated carbocycles. The number of ether oxygens (including phenoxy) is 1. The van der Waals surface area contributed by atoms with Gasteiger partial charge in [-0.3, -0.25) is 4.79 Å². The zero-order valence-electron chi connectivity index (χ0n) is 14.5. The third kappa shape index (κ3) is 3.72. The molecule has 1 aromatic heterocycles. The summed E-state index contributed by atoms with van der Waals surface area (Å²) in [6, 6.07) is 0. The molecule has 132 valence electrons. The van der Waals surface area contributed by atoms with Gasteiger partial charge in [-0.25, -0.2) is 4.98 Å². The van der Waals surface area contributed by atoms with E-state index in [9.17, 15) is 9.90 Å². The topological polar surface area (TPSA) is 59.4 Å². The van der Waals surface area contributed by atoms with Crippen molar-refractivity contribution in [2.45, 2.75) is 71.0 Å². The van der Waals surface area contributed by atoms with E-state index in [2.05, 4.69) is 11.9 Å². The average molecular weight is 349 g/mol. The molecular formula is C19H27NO3S. The van der Waals surface area contributed by atoms with Gasteiger partial charge in [-0.2, -0.15) is 0 Å². The van der Waals surface area contributed by atoms with Crippen LogP contribution in [0.1, 0.15) is 62.6 Å². The molecule has 4 nitrogen and oxygen atoms in total. The molecule has 4 unspecified atom stereocenters. The number of aromatic nitrogens is 1. The van der Waals surface area contributed by atoms with Gasteiger partial charge in [0, 0.05) is 11.8 Å². The molecule has 24 heavy (non-hydrogen) atoms. The van der Waals surface area contributed by atoms with Gasteiger partial charge in [-0.1, -0.05) is 32.6 Å². The van der Waals surface area contributed by atoms with Crippen LogP contribution < -0.4 is 0 Å². The average Bonchev–Trinajstić information content (AvgIpc) is 2.99. The Balaban J connectivity index is 1.67. The van der Waals surface area contributed by atoms with Crippen LogP contribution in [-0.4, -0.2) is 28.1 Å². The highest BCUT2D eigenvalue weighted by Gasteiger charge is 2.44. The van der Waals surface area contributed by atoms with E-state index in [1.807, 2.05) is 12.3 Å². The smallest absolute Gasteiger partial charge is 0.174 e. The summed E-state index contributed by atoms with van der Waals surface area (Å²) < 4.78 is 5.81. The lowest BCUT2D eigenvalue weighted by Gasteiger charge is -2.40. The monoisotopic (exact) mass is 349 g/mol. The number of rotatable bonds is 6. The Bertz CT molecular complexity index is 610. The molecule has 1 fully saturated rings. The van der Waals surface area contributed by atoms with Crippen LogP contribution in [0.5, 0.6) is 0 Å². The number of nitrogens with zero attached hydrogens (tertiary/aromatic N) is 1. The third-order valence-corrected chi connectivity index (χ3v) is 6.08. The second-order valence-electron chi connectivity index (χ2n) is 7.08. The van der Waals surface area contributed by atoms with Crippen molar-refractivity contribution in [2.24, 2.45) is 11.8 Å². The molecule has 3 rings (SSSR count). The van der Waals surface area contributed by atoms with Gasteiger partial charge in [0.2, 0.25) is 0 Å². The number of aliphatic hydroxyl groups excluding tert-OH is 1. The van der Waals surface area contributed by atoms with Crippen LogP contribution in [0.25, 0.3) is 5.57 Å². The first-order chi connectivity index (χ1) is 11.6. The highest BCUT2D eigenvalue weighted by Crippen LogP contribution is 2.40. The summed E-state index contributed by atoms with van der Waals surface area (Å²) in [5, 5.41) is 13.3. The van der Waals surface area contributed by atoms with Gasteiger partial charge >= 0.3 is 0 Å². The number of carbonyl (C=O) groups excluding carboxylic acids is 1. The van der Waals surface area contributed by atoms with Crippen molar-refractivity contribution in [3.05, 3.63) is 22.3 Å². The molecule has 0 bridgehead atoms. The van der Waals surface area contributed by atoms with Crippen molar-refractivity contribution < 1.29 is 14.6 Å². The predicted molar refractivity (Wildman–Crippen MR) is 95.7 cm³/mol. The number of aryl methyl sites for hydroxylation is 1. The number of Topliss-reactive ketones (excluding diaryl/α,β-unsaturated/α-hetero) is 1. The summed E-state index contributed by atoms with van der Waals surface area (Å²) in [4.78, 5) is 17.4. The lowest BCUT2D eigenvalue weighted by molar-refractivity contribution is -0.129. The molecule has 2 heterocycles. The van der Waals surface area contributed by atoms with E-state index in [0.717, 1.165) is 30.0 Å². The first-order valence-corrected chi connectivity index (χ1v) is 9.98. The Morgan fingerprint density at radius 3 is 2.88 bits per heavy atom. The maximum Gasteiger partial charge on any atom is 0.174 e. The van der Waals surface area contributed by atoms with E-state index in [4.69, 9.17) is 4.74 Å². The highest BCUT2D eigenvalue weighted by molar-refractivity contribution is 7.09. The molecule has 0 amide bonds. The number of carbonyl (C=O) groups is 1. The molecular weight excluding hydrogens is 322 g/mol. The fourth-order valence-electron chi connectivity index (χ4n) is 3.89. The molecule has 0 aromatic carbocycles. The number of aliphatic hydroxyl groups is 1. The van der Waals surface area contributed by atoms with Crippen molar-refractivity contribution in [3.63, 3.8) is 0 Å². The maximum atomic E-state index is 12.9.